The molecule has 7 nitrogen and oxygen atoms in total. The van der Waals surface area contributed by atoms with Crippen LogP contribution in [0.1, 0.15) is 39.5 Å². The normalized spacial score (nSPS) is 17.4. The molecule has 0 saturated carbocycles. The Labute approximate surface area is 118 Å². The Kier molecular flexibility index (Phi) is 6.27. The van der Waals surface area contributed by atoms with E-state index in [1.807, 2.05) is 6.92 Å². The van der Waals surface area contributed by atoms with Crippen LogP contribution in [0.2, 0.25) is 0 Å². The summed E-state index contributed by atoms with van der Waals surface area (Å²) < 4.78 is 0. The monoisotopic (exact) mass is 285 g/mol. The zero-order valence-corrected chi connectivity index (χ0v) is 12.0. The van der Waals surface area contributed by atoms with E-state index >= 15 is 0 Å². The number of piperidine rings is 1. The zero-order chi connectivity index (χ0) is 15.1. The summed E-state index contributed by atoms with van der Waals surface area (Å²) in [5.41, 5.74) is 0. The minimum atomic E-state index is -0.915. The van der Waals surface area contributed by atoms with Gasteiger partial charge >= 0.3 is 12.0 Å². The van der Waals surface area contributed by atoms with Crippen LogP contribution in [0.5, 0.6) is 0 Å². The first kappa shape index (κ1) is 16.3. The molecule has 0 aromatic rings. The zero-order valence-electron chi connectivity index (χ0n) is 12.0. The van der Waals surface area contributed by atoms with Gasteiger partial charge in [-0.05, 0) is 19.3 Å². The van der Waals surface area contributed by atoms with Gasteiger partial charge in [0.2, 0.25) is 5.91 Å². The molecule has 0 aliphatic carbocycles. The van der Waals surface area contributed by atoms with Crippen molar-refractivity contribution >= 4 is 17.9 Å². The van der Waals surface area contributed by atoms with Crippen molar-refractivity contribution in [1.29, 1.82) is 0 Å². The van der Waals surface area contributed by atoms with Crippen LogP contribution in [0.3, 0.4) is 0 Å². The van der Waals surface area contributed by atoms with E-state index in [1.54, 1.807) is 4.90 Å². The van der Waals surface area contributed by atoms with Crippen molar-refractivity contribution in [2.75, 3.05) is 13.1 Å². The van der Waals surface area contributed by atoms with Gasteiger partial charge in [-0.1, -0.05) is 6.92 Å². The maximum absolute atomic E-state index is 12.0. The molecule has 3 N–H and O–H groups in total. The van der Waals surface area contributed by atoms with E-state index in [-0.39, 0.29) is 30.4 Å². The Morgan fingerprint density at radius 3 is 2.35 bits per heavy atom. The van der Waals surface area contributed by atoms with Crippen molar-refractivity contribution in [3.05, 3.63) is 0 Å². The van der Waals surface area contributed by atoms with Gasteiger partial charge in [0.05, 0.1) is 6.42 Å². The fourth-order valence-corrected chi connectivity index (χ4v) is 2.29. The van der Waals surface area contributed by atoms with E-state index in [0.29, 0.717) is 19.5 Å². The predicted octanol–water partition coefficient (Wildman–Crippen LogP) is 0.550. The molecule has 1 rings (SSSR count). The van der Waals surface area contributed by atoms with Crippen molar-refractivity contribution in [2.45, 2.75) is 51.6 Å². The minimum absolute atomic E-state index is 0.0552. The second kappa shape index (κ2) is 7.72. The van der Waals surface area contributed by atoms with Crippen LogP contribution in [-0.2, 0) is 9.59 Å². The van der Waals surface area contributed by atoms with Crippen LogP contribution in [0, 0.1) is 0 Å². The van der Waals surface area contributed by atoms with Gasteiger partial charge in [-0.3, -0.25) is 9.59 Å². The standard InChI is InChI=1S/C13H23N3O4/c1-3-10(8-12(18)19)15-13(20)16-6-4-11(5-7-16)14-9(2)17/h10-11H,3-8H2,1-2H3,(H,14,17)(H,15,20)(H,18,19). The Hall–Kier alpha value is -1.79. The molecule has 1 aliphatic rings. The summed E-state index contributed by atoms with van der Waals surface area (Å²) in [6.07, 6.45) is 1.97. The second-order valence-corrected chi connectivity index (χ2v) is 5.11. The minimum Gasteiger partial charge on any atom is -0.481 e. The van der Waals surface area contributed by atoms with Crippen LogP contribution in [0.25, 0.3) is 0 Å². The first-order valence-corrected chi connectivity index (χ1v) is 6.96. The molecule has 20 heavy (non-hydrogen) atoms. The molecule has 0 aromatic heterocycles. The van der Waals surface area contributed by atoms with Crippen molar-refractivity contribution in [2.24, 2.45) is 0 Å². The Bertz CT molecular complexity index is 365. The molecule has 1 heterocycles. The van der Waals surface area contributed by atoms with Gasteiger partial charge in [-0.15, -0.1) is 0 Å². The Morgan fingerprint density at radius 2 is 1.90 bits per heavy atom. The van der Waals surface area contributed by atoms with Gasteiger partial charge < -0.3 is 20.6 Å². The lowest BCUT2D eigenvalue weighted by molar-refractivity contribution is -0.137. The summed E-state index contributed by atoms with van der Waals surface area (Å²) in [7, 11) is 0. The van der Waals surface area contributed by atoms with Gasteiger partial charge in [-0.25, -0.2) is 4.79 Å². The van der Waals surface area contributed by atoms with E-state index in [9.17, 15) is 14.4 Å². The summed E-state index contributed by atoms with van der Waals surface area (Å²) in [5.74, 6) is -0.970. The summed E-state index contributed by atoms with van der Waals surface area (Å²) >= 11 is 0. The lowest BCUT2D eigenvalue weighted by atomic mass is 10.1. The number of nitrogens with zero attached hydrogens (tertiary/aromatic N) is 1. The van der Waals surface area contributed by atoms with Crippen molar-refractivity contribution in [1.82, 2.24) is 15.5 Å². The highest BCUT2D eigenvalue weighted by atomic mass is 16.4. The predicted molar refractivity (Wildman–Crippen MR) is 73.3 cm³/mol. The smallest absolute Gasteiger partial charge is 0.317 e. The maximum Gasteiger partial charge on any atom is 0.317 e. The third-order valence-corrected chi connectivity index (χ3v) is 3.43. The first-order chi connectivity index (χ1) is 9.42. The van der Waals surface area contributed by atoms with Gasteiger partial charge in [0.15, 0.2) is 0 Å². The molecule has 7 heteroatoms. The number of nitrogens with one attached hydrogen (secondary N) is 2. The number of carbonyl (C=O) groups excluding carboxylic acids is 2. The molecule has 0 aromatic carbocycles. The number of amides is 3. The van der Waals surface area contributed by atoms with E-state index in [4.69, 9.17) is 5.11 Å². The van der Waals surface area contributed by atoms with Crippen molar-refractivity contribution in [3.8, 4) is 0 Å². The van der Waals surface area contributed by atoms with Crippen LogP contribution in [-0.4, -0.2) is 53.1 Å². The highest BCUT2D eigenvalue weighted by molar-refractivity contribution is 5.76. The fraction of sp³-hybridized carbons (Fsp3) is 0.769. The quantitative estimate of drug-likeness (QED) is 0.687. The highest BCUT2D eigenvalue weighted by Crippen LogP contribution is 2.11. The Balaban J connectivity index is 2.38. The number of likely N-dealkylation sites (tertiary alicyclic amines) is 1. The third-order valence-electron chi connectivity index (χ3n) is 3.43. The van der Waals surface area contributed by atoms with Crippen LogP contribution >= 0.6 is 0 Å². The Morgan fingerprint density at radius 1 is 1.30 bits per heavy atom. The molecule has 1 saturated heterocycles. The van der Waals surface area contributed by atoms with Gasteiger partial charge in [0.1, 0.15) is 0 Å². The van der Waals surface area contributed by atoms with Crippen molar-refractivity contribution < 1.29 is 19.5 Å². The number of aliphatic carboxylic acids is 1. The summed E-state index contributed by atoms with van der Waals surface area (Å²) in [5, 5.41) is 14.3. The number of hydrogen-bond acceptors (Lipinski definition) is 3. The molecule has 1 aliphatic heterocycles. The molecule has 1 fully saturated rings. The maximum atomic E-state index is 12.0. The number of hydrogen-bond donors (Lipinski definition) is 3. The molecule has 114 valence electrons. The van der Waals surface area contributed by atoms with E-state index in [0.717, 1.165) is 12.8 Å². The molecule has 1 atom stereocenters. The summed E-state index contributed by atoms with van der Waals surface area (Å²) in [4.78, 5) is 35.3. The average molecular weight is 285 g/mol. The lowest BCUT2D eigenvalue weighted by Gasteiger charge is -2.33. The first-order valence-electron chi connectivity index (χ1n) is 6.96. The molecule has 1 unspecified atom stereocenters. The third kappa shape index (κ3) is 5.46. The van der Waals surface area contributed by atoms with E-state index in [1.165, 1.54) is 6.92 Å². The molecule has 0 spiro atoms. The second-order valence-electron chi connectivity index (χ2n) is 5.11. The number of carboxylic acids is 1. The van der Waals surface area contributed by atoms with Crippen LogP contribution in [0.4, 0.5) is 4.79 Å². The van der Waals surface area contributed by atoms with Crippen molar-refractivity contribution in [3.63, 3.8) is 0 Å². The number of rotatable bonds is 5. The topological polar surface area (TPSA) is 98.7 Å². The fourth-order valence-electron chi connectivity index (χ4n) is 2.29. The number of carboxylic acid groups (broad SMARTS) is 1. The molecule has 0 radical (unpaired) electrons. The molecular weight excluding hydrogens is 262 g/mol. The molecular formula is C13H23N3O4. The largest absolute Gasteiger partial charge is 0.481 e. The van der Waals surface area contributed by atoms with Gasteiger partial charge in [-0.2, -0.15) is 0 Å². The van der Waals surface area contributed by atoms with Gasteiger partial charge in [0, 0.05) is 32.1 Å². The molecule has 3 amide bonds. The number of urea groups is 1. The lowest BCUT2D eigenvalue weighted by Crippen LogP contribution is -2.51. The average Bonchev–Trinajstić information content (AvgIpc) is 2.37. The highest BCUT2D eigenvalue weighted by Gasteiger charge is 2.24. The molecule has 0 bridgehead atoms. The van der Waals surface area contributed by atoms with E-state index in [2.05, 4.69) is 10.6 Å². The summed E-state index contributed by atoms with van der Waals surface area (Å²) in [6, 6.07) is -0.440. The van der Waals surface area contributed by atoms with E-state index < -0.39 is 5.97 Å². The van der Waals surface area contributed by atoms with Crippen LogP contribution in [0.15, 0.2) is 0 Å². The SMILES string of the molecule is CCC(CC(=O)O)NC(=O)N1CCC(NC(C)=O)CC1. The van der Waals surface area contributed by atoms with Gasteiger partial charge in [0.25, 0.3) is 0 Å². The number of carbonyl (C=O) groups is 3. The summed E-state index contributed by atoms with van der Waals surface area (Å²) in [6.45, 7) is 4.47. The van der Waals surface area contributed by atoms with Crippen LogP contribution < -0.4 is 10.6 Å².